The number of hydrogen-bond acceptors (Lipinski definition) is 2. The van der Waals surface area contributed by atoms with E-state index in [2.05, 4.69) is 26.0 Å². The number of aliphatic hydroxyl groups excluding tert-OH is 1. The van der Waals surface area contributed by atoms with Crippen LogP contribution in [0.25, 0.3) is 6.08 Å². The molecule has 1 atom stereocenters. The van der Waals surface area contributed by atoms with Crippen LogP contribution in [0, 0.1) is 19.8 Å². The molecular formula is C18H25NO2. The van der Waals surface area contributed by atoms with Crippen molar-refractivity contribution in [1.29, 1.82) is 0 Å². The Bertz CT molecular complexity index is 526. The van der Waals surface area contributed by atoms with Crippen molar-refractivity contribution in [2.45, 2.75) is 39.7 Å². The molecule has 1 unspecified atom stereocenters. The van der Waals surface area contributed by atoms with E-state index in [1.54, 1.807) is 6.08 Å². The first-order chi connectivity index (χ1) is 9.97. The maximum absolute atomic E-state index is 12.2. The summed E-state index contributed by atoms with van der Waals surface area (Å²) in [5.41, 5.74) is 3.51. The molecule has 1 saturated heterocycles. The van der Waals surface area contributed by atoms with Gasteiger partial charge in [0.2, 0.25) is 5.91 Å². The van der Waals surface area contributed by atoms with E-state index >= 15 is 0 Å². The Morgan fingerprint density at radius 1 is 1.33 bits per heavy atom. The maximum atomic E-state index is 12.2. The number of hydrogen-bond donors (Lipinski definition) is 1. The average molecular weight is 287 g/mol. The molecule has 0 radical (unpaired) electrons. The number of rotatable bonds is 3. The van der Waals surface area contributed by atoms with Gasteiger partial charge in [0.1, 0.15) is 0 Å². The second-order valence-corrected chi connectivity index (χ2v) is 6.10. The summed E-state index contributed by atoms with van der Waals surface area (Å²) in [5.74, 6) is 0.399. The smallest absolute Gasteiger partial charge is 0.246 e. The summed E-state index contributed by atoms with van der Waals surface area (Å²) in [6, 6.07) is 6.23. The molecule has 1 aromatic rings. The Kier molecular flexibility index (Phi) is 5.18. The second-order valence-electron chi connectivity index (χ2n) is 6.10. The molecular weight excluding hydrogens is 262 g/mol. The fourth-order valence-corrected chi connectivity index (χ4v) is 2.88. The second kappa shape index (κ2) is 6.90. The number of aryl methyl sites for hydroxylation is 2. The summed E-state index contributed by atoms with van der Waals surface area (Å²) in [5, 5.41) is 9.59. The van der Waals surface area contributed by atoms with Crippen LogP contribution in [0.5, 0.6) is 0 Å². The van der Waals surface area contributed by atoms with Gasteiger partial charge >= 0.3 is 0 Å². The van der Waals surface area contributed by atoms with Crippen LogP contribution >= 0.6 is 0 Å². The average Bonchev–Trinajstić information content (AvgIpc) is 2.46. The molecule has 1 amide bonds. The molecule has 0 bridgehead atoms. The first-order valence-electron chi connectivity index (χ1n) is 7.69. The Morgan fingerprint density at radius 3 is 2.57 bits per heavy atom. The van der Waals surface area contributed by atoms with E-state index in [-0.39, 0.29) is 12.0 Å². The first-order valence-corrected chi connectivity index (χ1v) is 7.69. The van der Waals surface area contributed by atoms with Gasteiger partial charge in [0.05, 0.1) is 6.10 Å². The summed E-state index contributed by atoms with van der Waals surface area (Å²) in [6.45, 7) is 7.45. The molecule has 21 heavy (non-hydrogen) atoms. The minimum atomic E-state index is -0.270. The predicted octanol–water partition coefficient (Wildman–Crippen LogP) is 2.94. The lowest BCUT2D eigenvalue weighted by Gasteiger charge is -2.32. The Balaban J connectivity index is 1.94. The standard InChI is InChI=1S/C18H25NO2/c1-13-4-5-16(14(2)12-13)6-7-18(21)19-10-8-17(9-11-19)15(3)20/h4-7,12,15,17,20H,8-11H2,1-3H3. The number of likely N-dealkylation sites (tertiary alicyclic amines) is 1. The number of carbonyl (C=O) groups is 1. The van der Waals surface area contributed by atoms with Gasteiger partial charge in [-0.3, -0.25) is 4.79 Å². The van der Waals surface area contributed by atoms with Crippen LogP contribution in [0.15, 0.2) is 24.3 Å². The van der Waals surface area contributed by atoms with Crippen molar-refractivity contribution >= 4 is 12.0 Å². The van der Waals surface area contributed by atoms with Crippen molar-refractivity contribution < 1.29 is 9.90 Å². The normalized spacial score (nSPS) is 18.2. The van der Waals surface area contributed by atoms with Gasteiger partial charge in [-0.15, -0.1) is 0 Å². The van der Waals surface area contributed by atoms with Gasteiger partial charge < -0.3 is 10.0 Å². The number of amides is 1. The molecule has 1 fully saturated rings. The molecule has 2 rings (SSSR count). The zero-order valence-corrected chi connectivity index (χ0v) is 13.2. The van der Waals surface area contributed by atoms with Crippen molar-refractivity contribution in [2.24, 2.45) is 5.92 Å². The van der Waals surface area contributed by atoms with Gasteiger partial charge in [0.25, 0.3) is 0 Å². The monoisotopic (exact) mass is 287 g/mol. The Labute approximate surface area is 127 Å². The Hall–Kier alpha value is -1.61. The van der Waals surface area contributed by atoms with Crippen LogP contribution in [0.4, 0.5) is 0 Å². The van der Waals surface area contributed by atoms with Crippen LogP contribution in [0.1, 0.15) is 36.5 Å². The van der Waals surface area contributed by atoms with Crippen LogP contribution in [-0.2, 0) is 4.79 Å². The first kappa shape index (κ1) is 15.8. The van der Waals surface area contributed by atoms with Crippen LogP contribution in [-0.4, -0.2) is 35.1 Å². The predicted molar refractivity (Wildman–Crippen MR) is 85.9 cm³/mol. The van der Waals surface area contributed by atoms with Crippen molar-refractivity contribution in [2.75, 3.05) is 13.1 Å². The van der Waals surface area contributed by atoms with E-state index < -0.39 is 0 Å². The summed E-state index contributed by atoms with van der Waals surface area (Å²) < 4.78 is 0. The highest BCUT2D eigenvalue weighted by Crippen LogP contribution is 2.21. The van der Waals surface area contributed by atoms with E-state index in [1.807, 2.05) is 24.0 Å². The molecule has 0 saturated carbocycles. The van der Waals surface area contributed by atoms with Crippen molar-refractivity contribution in [1.82, 2.24) is 4.90 Å². The topological polar surface area (TPSA) is 40.5 Å². The van der Waals surface area contributed by atoms with Crippen molar-refractivity contribution in [3.05, 3.63) is 41.0 Å². The number of aliphatic hydroxyl groups is 1. The third kappa shape index (κ3) is 4.18. The highest BCUT2D eigenvalue weighted by atomic mass is 16.3. The minimum absolute atomic E-state index is 0.0685. The highest BCUT2D eigenvalue weighted by Gasteiger charge is 2.24. The minimum Gasteiger partial charge on any atom is -0.393 e. The van der Waals surface area contributed by atoms with Gasteiger partial charge in [-0.05, 0) is 56.7 Å². The number of carbonyl (C=O) groups excluding carboxylic acids is 1. The number of benzene rings is 1. The largest absolute Gasteiger partial charge is 0.393 e. The van der Waals surface area contributed by atoms with Gasteiger partial charge in [-0.1, -0.05) is 23.8 Å². The van der Waals surface area contributed by atoms with E-state index in [9.17, 15) is 9.90 Å². The molecule has 0 aromatic heterocycles. The lowest BCUT2D eigenvalue weighted by molar-refractivity contribution is -0.127. The van der Waals surface area contributed by atoms with E-state index in [0.29, 0.717) is 5.92 Å². The maximum Gasteiger partial charge on any atom is 0.246 e. The highest BCUT2D eigenvalue weighted by molar-refractivity contribution is 5.92. The zero-order valence-electron chi connectivity index (χ0n) is 13.2. The Morgan fingerprint density at radius 2 is 2.00 bits per heavy atom. The molecule has 1 aromatic carbocycles. The third-order valence-electron chi connectivity index (χ3n) is 4.36. The van der Waals surface area contributed by atoms with Crippen molar-refractivity contribution in [3.8, 4) is 0 Å². The van der Waals surface area contributed by atoms with Crippen LogP contribution in [0.2, 0.25) is 0 Å². The molecule has 0 aliphatic carbocycles. The van der Waals surface area contributed by atoms with Crippen LogP contribution in [0.3, 0.4) is 0 Å². The number of nitrogens with zero attached hydrogens (tertiary/aromatic N) is 1. The van der Waals surface area contributed by atoms with Gasteiger partial charge in [-0.25, -0.2) is 0 Å². The van der Waals surface area contributed by atoms with Crippen molar-refractivity contribution in [3.63, 3.8) is 0 Å². The molecule has 3 nitrogen and oxygen atoms in total. The van der Waals surface area contributed by atoms with E-state index in [0.717, 1.165) is 31.5 Å². The van der Waals surface area contributed by atoms with Gasteiger partial charge in [-0.2, -0.15) is 0 Å². The summed E-state index contributed by atoms with van der Waals surface area (Å²) in [6.07, 6.45) is 5.08. The van der Waals surface area contributed by atoms with Gasteiger partial charge in [0, 0.05) is 19.2 Å². The molecule has 1 heterocycles. The molecule has 1 N–H and O–H groups in total. The lowest BCUT2D eigenvalue weighted by atomic mass is 9.92. The third-order valence-corrected chi connectivity index (χ3v) is 4.36. The summed E-state index contributed by atoms with van der Waals surface area (Å²) in [4.78, 5) is 14.1. The van der Waals surface area contributed by atoms with Crippen LogP contribution < -0.4 is 0 Å². The van der Waals surface area contributed by atoms with E-state index in [4.69, 9.17) is 0 Å². The summed E-state index contributed by atoms with van der Waals surface area (Å²) in [7, 11) is 0. The molecule has 3 heteroatoms. The fourth-order valence-electron chi connectivity index (χ4n) is 2.88. The lowest BCUT2D eigenvalue weighted by Crippen LogP contribution is -2.39. The number of piperidine rings is 1. The summed E-state index contributed by atoms with van der Waals surface area (Å²) >= 11 is 0. The van der Waals surface area contributed by atoms with Gasteiger partial charge in [0.15, 0.2) is 0 Å². The fraction of sp³-hybridized carbons (Fsp3) is 0.500. The quantitative estimate of drug-likeness (QED) is 0.868. The molecule has 1 aliphatic rings. The molecule has 114 valence electrons. The zero-order chi connectivity index (χ0) is 15.4. The van der Waals surface area contributed by atoms with E-state index in [1.165, 1.54) is 11.1 Å². The SMILES string of the molecule is Cc1ccc(C=CC(=O)N2CCC(C(C)O)CC2)c(C)c1. The molecule has 0 spiro atoms. The molecule has 1 aliphatic heterocycles.